The Hall–Kier alpha value is -6.81. The van der Waals surface area contributed by atoms with Gasteiger partial charge >= 0.3 is 0 Å². The number of nitrogens with zero attached hydrogens (tertiary/aromatic N) is 2. The van der Waals surface area contributed by atoms with Crippen molar-refractivity contribution >= 4 is 44.2 Å². The number of nitrogens with one attached hydrogen (secondary N) is 1. The van der Waals surface area contributed by atoms with Crippen LogP contribution >= 0.6 is 0 Å². The second-order valence-electron chi connectivity index (χ2n) is 17.0. The third-order valence-electron chi connectivity index (χ3n) is 13.6. The minimum Gasteiger partial charge on any atom is -0.310 e. The summed E-state index contributed by atoms with van der Waals surface area (Å²) in [4.78, 5) is 5.46. The van der Waals surface area contributed by atoms with Crippen LogP contribution in [0.15, 0.2) is 187 Å². The van der Waals surface area contributed by atoms with Crippen LogP contribution in [0.1, 0.15) is 76.1 Å². The lowest BCUT2D eigenvalue weighted by Gasteiger charge is -2.39. The molecule has 0 spiro atoms. The first-order chi connectivity index (χ1) is 29.7. The third kappa shape index (κ3) is 5.64. The van der Waals surface area contributed by atoms with E-state index in [1.165, 1.54) is 93.9 Å². The molecule has 0 bridgehead atoms. The van der Waals surface area contributed by atoms with Gasteiger partial charge < -0.3 is 4.57 Å². The summed E-state index contributed by atoms with van der Waals surface area (Å²) in [5.74, 6) is 0.303. The summed E-state index contributed by atoms with van der Waals surface area (Å²) in [5.41, 5.74) is 17.1. The Bertz CT molecular complexity index is 3190. The number of aromatic nitrogens is 1. The summed E-state index contributed by atoms with van der Waals surface area (Å²) in [6, 6.07) is 65.5. The quantitative estimate of drug-likeness (QED) is 0.186. The molecule has 288 valence electrons. The van der Waals surface area contributed by atoms with Crippen molar-refractivity contribution in [2.45, 2.75) is 44.3 Å². The van der Waals surface area contributed by atoms with E-state index in [1.807, 2.05) is 0 Å². The Labute approximate surface area is 351 Å². The van der Waals surface area contributed by atoms with Crippen LogP contribution in [0.4, 0.5) is 0 Å². The fraction of sp³-hybridized carbons (Fsp3) is 0.140. The van der Waals surface area contributed by atoms with Gasteiger partial charge in [0, 0.05) is 40.4 Å². The number of benzene rings is 8. The first-order valence-corrected chi connectivity index (χ1v) is 21.6. The highest BCUT2D eigenvalue weighted by atomic mass is 15.1. The van der Waals surface area contributed by atoms with Crippen LogP contribution in [0, 0.1) is 5.92 Å². The standard InChI is InChI=1S/C57H45N3/c1-36-55(38-17-4-2-5-18-38)58-57(39-19-6-3-7-20-39)59-56(36)54-44-21-9-8-16-37(44)29-31-49(54)51-35-42-32-40-28-30-43(33-41(40)34-50(42)45-22-10-11-23-46(45)51)60-52-26-14-12-24-47(52)48-25-13-15-27-53(48)60/h2-12,14-24,26-34,36,51,56-57,59H,13,25,35H2,1H3. The highest BCUT2D eigenvalue weighted by molar-refractivity contribution is 6.04. The van der Waals surface area contributed by atoms with E-state index in [0.29, 0.717) is 0 Å². The second kappa shape index (κ2) is 14.2. The summed E-state index contributed by atoms with van der Waals surface area (Å²) in [6.07, 6.45) is 7.59. The lowest BCUT2D eigenvalue weighted by Crippen LogP contribution is -2.40. The van der Waals surface area contributed by atoms with Gasteiger partial charge in [0.15, 0.2) is 0 Å². The molecule has 60 heavy (non-hydrogen) atoms. The van der Waals surface area contributed by atoms with Crippen molar-refractivity contribution in [1.82, 2.24) is 9.88 Å². The fourth-order valence-electron chi connectivity index (χ4n) is 10.8. The molecule has 3 nitrogen and oxygen atoms in total. The molecule has 0 saturated heterocycles. The van der Waals surface area contributed by atoms with Crippen molar-refractivity contribution in [2.24, 2.45) is 10.9 Å². The highest BCUT2D eigenvalue weighted by Crippen LogP contribution is 2.49. The lowest BCUT2D eigenvalue weighted by molar-refractivity contribution is 0.379. The van der Waals surface area contributed by atoms with Gasteiger partial charge in [0.2, 0.25) is 0 Å². The SMILES string of the molecule is CC1C(c2ccccc2)=NC(c2ccccc2)NC1c1c(C2Cc3cc4ccc(-n5c6c(c7ccccc75)CCC=C6)cc4cc3-c3ccccc32)ccc2ccccc12. The predicted octanol–water partition coefficient (Wildman–Crippen LogP) is 13.7. The second-order valence-corrected chi connectivity index (χ2v) is 17.0. The molecule has 0 fully saturated rings. The molecule has 2 aliphatic carbocycles. The van der Waals surface area contributed by atoms with Crippen molar-refractivity contribution in [2.75, 3.05) is 0 Å². The molecule has 12 rings (SSSR count). The maximum Gasteiger partial charge on any atom is 0.126 e. The van der Waals surface area contributed by atoms with Gasteiger partial charge in [0.05, 0.1) is 5.52 Å². The number of fused-ring (bicyclic) bond motifs is 8. The molecule has 0 amide bonds. The molecule has 2 heterocycles. The van der Waals surface area contributed by atoms with E-state index in [0.717, 1.165) is 25.0 Å². The van der Waals surface area contributed by atoms with E-state index in [4.69, 9.17) is 4.99 Å². The number of hydrogen-bond acceptors (Lipinski definition) is 2. The van der Waals surface area contributed by atoms with Crippen molar-refractivity contribution in [1.29, 1.82) is 0 Å². The van der Waals surface area contributed by atoms with Gasteiger partial charge in [-0.1, -0.05) is 165 Å². The zero-order chi connectivity index (χ0) is 39.7. The Morgan fingerprint density at radius 1 is 0.617 bits per heavy atom. The average Bonchev–Trinajstić information content (AvgIpc) is 3.65. The Morgan fingerprint density at radius 3 is 2.25 bits per heavy atom. The van der Waals surface area contributed by atoms with Gasteiger partial charge in [0.1, 0.15) is 6.17 Å². The zero-order valence-corrected chi connectivity index (χ0v) is 33.7. The van der Waals surface area contributed by atoms with E-state index in [9.17, 15) is 0 Å². The van der Waals surface area contributed by atoms with E-state index in [2.05, 4.69) is 205 Å². The van der Waals surface area contributed by atoms with Crippen LogP contribution in [0.3, 0.4) is 0 Å². The maximum absolute atomic E-state index is 5.46. The molecule has 1 N–H and O–H groups in total. The molecule has 1 aliphatic heterocycles. The minimum absolute atomic E-state index is 0.0259. The van der Waals surface area contributed by atoms with Crippen molar-refractivity contribution in [3.63, 3.8) is 0 Å². The zero-order valence-electron chi connectivity index (χ0n) is 33.7. The van der Waals surface area contributed by atoms with Gasteiger partial charge in [-0.15, -0.1) is 0 Å². The smallest absolute Gasteiger partial charge is 0.126 e. The number of aryl methyl sites for hydroxylation is 1. The van der Waals surface area contributed by atoms with E-state index in [-0.39, 0.29) is 24.0 Å². The maximum atomic E-state index is 5.46. The topological polar surface area (TPSA) is 29.3 Å². The summed E-state index contributed by atoms with van der Waals surface area (Å²) >= 11 is 0. The van der Waals surface area contributed by atoms with Gasteiger partial charge in [-0.3, -0.25) is 10.3 Å². The summed E-state index contributed by atoms with van der Waals surface area (Å²) in [6.45, 7) is 2.36. The van der Waals surface area contributed by atoms with Crippen LogP contribution in [0.25, 0.3) is 55.3 Å². The van der Waals surface area contributed by atoms with Crippen LogP contribution in [-0.4, -0.2) is 10.3 Å². The normalized spacial score (nSPS) is 19.5. The average molecular weight is 772 g/mol. The van der Waals surface area contributed by atoms with Gasteiger partial charge in [-0.2, -0.15) is 0 Å². The number of rotatable bonds is 5. The van der Waals surface area contributed by atoms with Gasteiger partial charge in [-0.05, 0) is 121 Å². The molecule has 4 unspecified atom stereocenters. The number of allylic oxidation sites excluding steroid dienone is 1. The summed E-state index contributed by atoms with van der Waals surface area (Å²) < 4.78 is 2.47. The fourth-order valence-corrected chi connectivity index (χ4v) is 10.8. The van der Waals surface area contributed by atoms with E-state index in [1.54, 1.807) is 0 Å². The van der Waals surface area contributed by atoms with E-state index >= 15 is 0 Å². The lowest BCUT2D eigenvalue weighted by atomic mass is 9.71. The first-order valence-electron chi connectivity index (χ1n) is 21.6. The monoisotopic (exact) mass is 771 g/mol. The third-order valence-corrected chi connectivity index (χ3v) is 13.6. The number of hydrogen-bond donors (Lipinski definition) is 1. The molecular weight excluding hydrogens is 727 g/mol. The Balaban J connectivity index is 1.00. The van der Waals surface area contributed by atoms with E-state index < -0.39 is 0 Å². The van der Waals surface area contributed by atoms with Crippen molar-refractivity contribution in [3.05, 3.63) is 227 Å². The van der Waals surface area contributed by atoms with Crippen LogP contribution in [-0.2, 0) is 12.8 Å². The number of para-hydroxylation sites is 1. The Morgan fingerprint density at radius 2 is 1.37 bits per heavy atom. The van der Waals surface area contributed by atoms with Crippen LogP contribution in [0.2, 0.25) is 0 Å². The first kappa shape index (κ1) is 35.2. The predicted molar refractivity (Wildman–Crippen MR) is 250 cm³/mol. The molecule has 4 atom stereocenters. The van der Waals surface area contributed by atoms with Crippen molar-refractivity contribution in [3.8, 4) is 16.8 Å². The summed E-state index contributed by atoms with van der Waals surface area (Å²) in [5, 5.41) is 10.6. The largest absolute Gasteiger partial charge is 0.310 e. The van der Waals surface area contributed by atoms with Gasteiger partial charge in [-0.25, -0.2) is 0 Å². The van der Waals surface area contributed by atoms with Crippen LogP contribution in [0.5, 0.6) is 0 Å². The number of aliphatic imine (C=N–C) groups is 1. The molecule has 3 heteroatoms. The van der Waals surface area contributed by atoms with Gasteiger partial charge in [0.25, 0.3) is 0 Å². The Kier molecular flexibility index (Phi) is 8.31. The molecule has 1 aromatic heterocycles. The van der Waals surface area contributed by atoms with Crippen molar-refractivity contribution < 1.29 is 0 Å². The minimum atomic E-state index is -0.170. The molecule has 0 radical (unpaired) electrons. The highest BCUT2D eigenvalue weighted by Gasteiger charge is 2.37. The molecule has 3 aliphatic rings. The molecule has 8 aromatic carbocycles. The molecular formula is C57H45N3. The molecule has 9 aromatic rings. The summed E-state index contributed by atoms with van der Waals surface area (Å²) in [7, 11) is 0. The van der Waals surface area contributed by atoms with Crippen LogP contribution < -0.4 is 5.32 Å². The molecule has 0 saturated carbocycles.